The number of anilines is 3. The second-order valence-corrected chi connectivity index (χ2v) is 4.24. The van der Waals surface area contributed by atoms with Crippen LogP contribution in [0.25, 0.3) is 0 Å². The highest BCUT2D eigenvalue weighted by molar-refractivity contribution is 6.33. The number of nitrogens with one attached hydrogen (secondary N) is 1. The van der Waals surface area contributed by atoms with E-state index in [1.807, 2.05) is 25.1 Å². The molecule has 3 N–H and O–H groups in total. The molecule has 0 amide bonds. The van der Waals surface area contributed by atoms with Gasteiger partial charge < -0.3 is 11.1 Å². The van der Waals surface area contributed by atoms with E-state index in [-0.39, 0.29) is 0 Å². The first-order chi connectivity index (χ1) is 8.61. The fraction of sp³-hybridized carbons (Fsp3) is 0.0769. The van der Waals surface area contributed by atoms with Gasteiger partial charge in [0.15, 0.2) is 5.82 Å². The van der Waals surface area contributed by atoms with Gasteiger partial charge in [0, 0.05) is 6.20 Å². The smallest absolute Gasteiger partial charge is 0.153 e. The quantitative estimate of drug-likeness (QED) is 0.867. The van der Waals surface area contributed by atoms with Crippen LogP contribution in [0.3, 0.4) is 0 Å². The molecule has 1 aromatic carbocycles. The molecule has 5 heteroatoms. The summed E-state index contributed by atoms with van der Waals surface area (Å²) in [6.07, 6.45) is 1.46. The number of hydrogen-bond donors (Lipinski definition) is 2. The van der Waals surface area contributed by atoms with Crippen molar-refractivity contribution in [1.29, 1.82) is 5.26 Å². The summed E-state index contributed by atoms with van der Waals surface area (Å²) in [5.41, 5.74) is 8.42. The van der Waals surface area contributed by atoms with Gasteiger partial charge in [-0.25, -0.2) is 4.98 Å². The molecule has 2 rings (SSSR count). The number of aryl methyl sites for hydroxylation is 1. The fourth-order valence-electron chi connectivity index (χ4n) is 1.56. The van der Waals surface area contributed by atoms with E-state index >= 15 is 0 Å². The molecule has 0 aliphatic heterocycles. The first-order valence-corrected chi connectivity index (χ1v) is 5.67. The molecule has 0 saturated heterocycles. The van der Waals surface area contributed by atoms with Crippen LogP contribution in [-0.4, -0.2) is 4.98 Å². The summed E-state index contributed by atoms with van der Waals surface area (Å²) < 4.78 is 0. The number of nitrogens with two attached hydrogens (primary N) is 1. The molecule has 0 radical (unpaired) electrons. The number of nitrogens with zero attached hydrogens (tertiary/aromatic N) is 2. The Morgan fingerprint density at radius 2 is 2.22 bits per heavy atom. The number of rotatable bonds is 2. The lowest BCUT2D eigenvalue weighted by molar-refractivity contribution is 1.28. The minimum absolute atomic E-state index is 0.411. The van der Waals surface area contributed by atoms with Crippen molar-refractivity contribution in [2.24, 2.45) is 0 Å². The molecule has 4 nitrogen and oxygen atoms in total. The van der Waals surface area contributed by atoms with E-state index in [1.54, 1.807) is 12.1 Å². The normalized spacial score (nSPS) is 9.83. The molecular weight excluding hydrogens is 248 g/mol. The Balaban J connectivity index is 2.38. The van der Waals surface area contributed by atoms with Crippen LogP contribution in [0.15, 0.2) is 30.5 Å². The van der Waals surface area contributed by atoms with Crippen LogP contribution in [0.5, 0.6) is 0 Å². The average Bonchev–Trinajstić information content (AvgIpc) is 2.35. The first kappa shape index (κ1) is 12.2. The first-order valence-electron chi connectivity index (χ1n) is 5.29. The van der Waals surface area contributed by atoms with Crippen molar-refractivity contribution in [1.82, 2.24) is 4.98 Å². The van der Waals surface area contributed by atoms with Gasteiger partial charge in [-0.1, -0.05) is 23.7 Å². The van der Waals surface area contributed by atoms with Crippen LogP contribution >= 0.6 is 11.6 Å². The zero-order valence-electron chi connectivity index (χ0n) is 9.74. The van der Waals surface area contributed by atoms with Crippen molar-refractivity contribution < 1.29 is 0 Å². The molecule has 0 fully saturated rings. The van der Waals surface area contributed by atoms with Crippen LogP contribution in [0.4, 0.5) is 17.2 Å². The fourth-order valence-corrected chi connectivity index (χ4v) is 1.83. The highest BCUT2D eigenvalue weighted by Gasteiger charge is 2.07. The van der Waals surface area contributed by atoms with Crippen molar-refractivity contribution in [3.05, 3.63) is 46.6 Å². The maximum absolute atomic E-state index is 8.74. The Labute approximate surface area is 110 Å². The third-order valence-electron chi connectivity index (χ3n) is 2.51. The van der Waals surface area contributed by atoms with Crippen molar-refractivity contribution in [2.75, 3.05) is 11.1 Å². The second kappa shape index (κ2) is 4.94. The number of aromatic nitrogens is 1. The maximum atomic E-state index is 8.74. The molecule has 0 atom stereocenters. The highest BCUT2D eigenvalue weighted by Crippen LogP contribution is 2.30. The zero-order valence-corrected chi connectivity index (χ0v) is 10.5. The summed E-state index contributed by atoms with van der Waals surface area (Å²) in [4.78, 5) is 4.11. The lowest BCUT2D eigenvalue weighted by Crippen LogP contribution is -2.01. The van der Waals surface area contributed by atoms with Crippen LogP contribution < -0.4 is 11.1 Å². The molecule has 0 aliphatic rings. The summed E-state index contributed by atoms with van der Waals surface area (Å²) in [6.45, 7) is 1.94. The van der Waals surface area contributed by atoms with Gasteiger partial charge in [0.2, 0.25) is 0 Å². The van der Waals surface area contributed by atoms with E-state index in [0.717, 1.165) is 11.3 Å². The van der Waals surface area contributed by atoms with Gasteiger partial charge in [0.1, 0.15) is 6.07 Å². The summed E-state index contributed by atoms with van der Waals surface area (Å²) in [7, 11) is 0. The van der Waals surface area contributed by atoms with E-state index in [1.165, 1.54) is 6.20 Å². The van der Waals surface area contributed by atoms with Gasteiger partial charge in [-0.15, -0.1) is 0 Å². The maximum Gasteiger partial charge on any atom is 0.153 e. The van der Waals surface area contributed by atoms with Gasteiger partial charge >= 0.3 is 0 Å². The minimum atomic E-state index is 0.411. The summed E-state index contributed by atoms with van der Waals surface area (Å²) in [5, 5.41) is 12.4. The molecule has 0 spiro atoms. The van der Waals surface area contributed by atoms with Crippen LogP contribution in [0, 0.1) is 18.3 Å². The lowest BCUT2D eigenvalue weighted by Gasteiger charge is -2.12. The molecule has 1 heterocycles. The van der Waals surface area contributed by atoms with Gasteiger partial charge in [0.25, 0.3) is 0 Å². The van der Waals surface area contributed by atoms with Crippen LogP contribution in [0.2, 0.25) is 5.02 Å². The number of nitriles is 1. The van der Waals surface area contributed by atoms with Crippen molar-refractivity contribution >= 4 is 28.8 Å². The second-order valence-electron chi connectivity index (χ2n) is 3.83. The third-order valence-corrected chi connectivity index (χ3v) is 2.83. The Morgan fingerprint density at radius 1 is 1.44 bits per heavy atom. The minimum Gasteiger partial charge on any atom is -0.396 e. The number of pyridine rings is 1. The lowest BCUT2D eigenvalue weighted by atomic mass is 10.2. The number of benzene rings is 1. The molecular formula is C13H11ClN4. The monoisotopic (exact) mass is 258 g/mol. The molecule has 0 unspecified atom stereocenters. The number of hydrogen-bond acceptors (Lipinski definition) is 4. The van der Waals surface area contributed by atoms with Gasteiger partial charge in [-0.2, -0.15) is 5.26 Å². The molecule has 0 saturated carbocycles. The molecule has 0 bridgehead atoms. The molecule has 18 heavy (non-hydrogen) atoms. The Kier molecular flexibility index (Phi) is 3.35. The predicted molar refractivity (Wildman–Crippen MR) is 72.8 cm³/mol. The van der Waals surface area contributed by atoms with E-state index in [9.17, 15) is 0 Å². The largest absolute Gasteiger partial charge is 0.396 e. The van der Waals surface area contributed by atoms with Gasteiger partial charge in [-0.3, -0.25) is 0 Å². The summed E-state index contributed by atoms with van der Waals surface area (Å²) in [6, 6.07) is 9.16. The van der Waals surface area contributed by atoms with E-state index in [4.69, 9.17) is 22.6 Å². The highest BCUT2D eigenvalue weighted by atomic mass is 35.5. The van der Waals surface area contributed by atoms with E-state index < -0.39 is 0 Å². The Bertz CT molecular complexity index is 611. The molecule has 2 aromatic rings. The number of nitrogen functional groups attached to an aromatic ring is 1. The van der Waals surface area contributed by atoms with E-state index in [2.05, 4.69) is 10.3 Å². The predicted octanol–water partition coefficient (Wildman–Crippen LogP) is 3.24. The summed E-state index contributed by atoms with van der Waals surface area (Å²) in [5.74, 6) is 0.491. The van der Waals surface area contributed by atoms with Crippen molar-refractivity contribution in [2.45, 2.75) is 6.92 Å². The average molecular weight is 259 g/mol. The molecule has 90 valence electrons. The van der Waals surface area contributed by atoms with E-state index in [0.29, 0.717) is 22.1 Å². The van der Waals surface area contributed by atoms with Crippen molar-refractivity contribution in [3.63, 3.8) is 0 Å². The third kappa shape index (κ3) is 2.36. The Hall–Kier alpha value is -2.25. The Morgan fingerprint density at radius 3 is 2.83 bits per heavy atom. The van der Waals surface area contributed by atoms with Gasteiger partial charge in [-0.05, 0) is 24.6 Å². The van der Waals surface area contributed by atoms with Crippen LogP contribution in [0.1, 0.15) is 11.1 Å². The zero-order chi connectivity index (χ0) is 13.1. The number of halogens is 1. The molecule has 0 aliphatic carbocycles. The summed E-state index contributed by atoms with van der Waals surface area (Å²) >= 11 is 6.11. The van der Waals surface area contributed by atoms with Gasteiger partial charge in [0.05, 0.1) is 22.0 Å². The van der Waals surface area contributed by atoms with Crippen molar-refractivity contribution in [3.8, 4) is 6.07 Å². The number of para-hydroxylation sites is 1. The van der Waals surface area contributed by atoms with Crippen LogP contribution in [-0.2, 0) is 0 Å². The standard InChI is InChI=1S/C13H11ClN4/c1-8-3-2-4-10(14)12(8)18-13-11(16)5-9(6-15)7-17-13/h2-5,7H,16H2,1H3,(H,17,18). The molecule has 1 aromatic heterocycles. The SMILES string of the molecule is Cc1cccc(Cl)c1Nc1ncc(C#N)cc1N. The topological polar surface area (TPSA) is 74.7 Å².